The Morgan fingerprint density at radius 3 is 1.24 bits per heavy atom. The van der Waals surface area contributed by atoms with Gasteiger partial charge in [0.15, 0.2) is 23.1 Å². The number of benzene rings is 8. The largest absolute Gasteiger partial charge is 0.512 e. The second-order valence-corrected chi connectivity index (χ2v) is 26.5. The van der Waals surface area contributed by atoms with E-state index in [1.54, 1.807) is 59.5 Å². The van der Waals surface area contributed by atoms with Gasteiger partial charge in [0.25, 0.3) is 0 Å². The van der Waals surface area contributed by atoms with E-state index in [9.17, 15) is 36.7 Å². The van der Waals surface area contributed by atoms with Gasteiger partial charge in [-0.2, -0.15) is 11.3 Å². The number of carbonyl (C=O) groups is 4. The average Bonchev–Trinajstić information content (AvgIpc) is 1.74. The maximum Gasteiger partial charge on any atom is 0.155 e. The summed E-state index contributed by atoms with van der Waals surface area (Å²) >= 11 is 3.44. The van der Waals surface area contributed by atoms with Crippen molar-refractivity contribution in [3.05, 3.63) is 368 Å². The van der Waals surface area contributed by atoms with Gasteiger partial charge in [-0.15, -0.1) is 131 Å². The molecule has 0 atom stereocenters. The van der Waals surface area contributed by atoms with Crippen LogP contribution in [0.4, 0.5) is 40.3 Å². The van der Waals surface area contributed by atoms with Gasteiger partial charge in [-0.25, -0.2) is 11.3 Å². The number of anilines is 4. The summed E-state index contributed by atoms with van der Waals surface area (Å²) in [6, 6.07) is 88.8. The Bertz CT molecular complexity index is 5150. The minimum atomic E-state index is -0.689. The van der Waals surface area contributed by atoms with Gasteiger partial charge in [0.05, 0.1) is 28.6 Å². The van der Waals surface area contributed by atoms with E-state index in [4.69, 9.17) is 20.4 Å². The monoisotopic (exact) mass is 2530 g/mol. The summed E-state index contributed by atoms with van der Waals surface area (Å²) in [5.74, 6) is -2.17. The molecule has 6 heterocycles. The van der Waals surface area contributed by atoms with Crippen molar-refractivity contribution in [3.63, 3.8) is 0 Å². The SMILES string of the molecule is CC(=O)C=C(C)O.CC(=O)C=C(C)O.CC(=O)C=C(C)O.CC(=O)C=C(C)O.CN(C)c1ccnc(-c2[c-]cc(F)cc2)c1.Fc1c[c-]c(-c2cc(N(c3ccccc3)c3ccccc3)ccn2)c(F)c1.Fc1c[c-]c(-c2ccccn2)cc1.[Ir].[Ir].[Ir].[Ir].[Ir].[c-]1c(-c2ccccn2)sc2ccccc12.[c-]1ccccc1-c1nc2ccccc2s1. The second-order valence-electron chi connectivity index (χ2n) is 24.4. The van der Waals surface area contributed by atoms with Crippen molar-refractivity contribution in [1.29, 1.82) is 0 Å². The van der Waals surface area contributed by atoms with Crippen LogP contribution in [-0.2, 0) is 120 Å². The molecule has 5 radical (unpaired) electrons. The van der Waals surface area contributed by atoms with E-state index in [-0.39, 0.29) is 164 Å². The number of aliphatic hydroxyl groups is 4. The van der Waals surface area contributed by atoms with Crippen molar-refractivity contribution in [3.8, 4) is 54.9 Å². The summed E-state index contributed by atoms with van der Waals surface area (Å²) in [4.78, 5) is 66.7. The molecule has 0 aliphatic carbocycles. The molecule has 0 unspecified atom stereocenters. The smallest absolute Gasteiger partial charge is 0.155 e. The van der Waals surface area contributed by atoms with E-state index < -0.39 is 11.6 Å². The Kier molecular flexibility index (Phi) is 51.7. The molecule has 0 amide bonds. The van der Waals surface area contributed by atoms with Gasteiger partial charge >= 0.3 is 0 Å². The molecule has 0 saturated heterocycles. The van der Waals surface area contributed by atoms with Crippen LogP contribution in [0, 0.1) is 53.6 Å². The maximum absolute atomic E-state index is 14.2. The van der Waals surface area contributed by atoms with Gasteiger partial charge in [-0.05, 0) is 143 Å². The predicted octanol–water partition coefficient (Wildman–Crippen LogP) is 23.4. The van der Waals surface area contributed by atoms with Crippen LogP contribution in [0.3, 0.4) is 0 Å². The van der Waals surface area contributed by atoms with Gasteiger partial charge in [-0.3, -0.25) is 41.7 Å². The second kappa shape index (κ2) is 57.7. The minimum absolute atomic E-state index is 0. The van der Waals surface area contributed by atoms with Crippen molar-refractivity contribution in [1.82, 2.24) is 24.9 Å². The number of thiophene rings is 1. The van der Waals surface area contributed by atoms with E-state index in [2.05, 4.69) is 79.5 Å². The number of aliphatic hydroxyl groups excluding tert-OH is 4. The third-order valence-corrected chi connectivity index (χ3v) is 16.5. The number of hydrogen-bond donors (Lipinski definition) is 4. The van der Waals surface area contributed by atoms with Gasteiger partial charge in [0, 0.05) is 225 Å². The first kappa shape index (κ1) is 107. The molecule has 119 heavy (non-hydrogen) atoms. The fourth-order valence-electron chi connectivity index (χ4n) is 9.66. The molecule has 0 aliphatic heterocycles. The summed E-state index contributed by atoms with van der Waals surface area (Å²) in [7, 11) is 3.93. The molecule has 0 saturated carbocycles. The molecule has 14 aromatic rings. The van der Waals surface area contributed by atoms with Crippen LogP contribution >= 0.6 is 22.7 Å². The topological polar surface area (TPSA) is 220 Å². The number of halogens is 4. The summed E-state index contributed by atoms with van der Waals surface area (Å²) in [6.45, 7) is 11.4. The Balaban J connectivity index is 0.000000693. The van der Waals surface area contributed by atoms with Crippen LogP contribution < -0.4 is 9.80 Å². The predicted molar refractivity (Wildman–Crippen MR) is 450 cm³/mol. The molecule has 0 spiro atoms. The van der Waals surface area contributed by atoms with Crippen LogP contribution in [0.15, 0.2) is 315 Å². The van der Waals surface area contributed by atoms with Gasteiger partial charge < -0.3 is 50.2 Å². The van der Waals surface area contributed by atoms with Crippen molar-refractivity contribution < 1.29 is 158 Å². The van der Waals surface area contributed by atoms with Crippen LogP contribution in [0.1, 0.15) is 55.4 Å². The molecule has 0 fully saturated rings. The summed E-state index contributed by atoms with van der Waals surface area (Å²) in [6.07, 6.45) is 11.5. The normalized spacial score (nSPS) is 10.2. The Morgan fingerprint density at radius 2 is 0.807 bits per heavy atom. The number of nitrogens with zero attached hydrogens (tertiary/aromatic N) is 7. The zero-order valence-corrected chi connectivity index (χ0v) is 79.4. The first-order valence-corrected chi connectivity index (χ1v) is 36.5. The fraction of sp³-hybridized carbons (Fsp3) is 0.108. The minimum Gasteiger partial charge on any atom is -0.512 e. The molecular weight excluding hydrogens is 2440 g/mol. The van der Waals surface area contributed by atoms with E-state index in [0.29, 0.717) is 5.69 Å². The molecule has 26 heteroatoms. The van der Waals surface area contributed by atoms with Crippen LogP contribution in [0.25, 0.3) is 75.2 Å². The van der Waals surface area contributed by atoms with Crippen molar-refractivity contribution in [2.75, 3.05) is 23.9 Å². The molecule has 0 aliphatic rings. The van der Waals surface area contributed by atoms with Crippen molar-refractivity contribution in [2.45, 2.75) is 55.4 Å². The van der Waals surface area contributed by atoms with E-state index in [0.717, 1.165) is 84.1 Å². The summed E-state index contributed by atoms with van der Waals surface area (Å²) in [5.41, 5.74) is 10.7. The maximum atomic E-state index is 14.2. The van der Waals surface area contributed by atoms with Crippen LogP contribution in [-0.4, -0.2) is 82.6 Å². The number of para-hydroxylation sites is 3. The van der Waals surface area contributed by atoms with Crippen molar-refractivity contribution >= 4 is 88.9 Å². The first-order valence-electron chi connectivity index (χ1n) is 34.9. The molecule has 14 rings (SSSR count). The molecule has 15 nitrogen and oxygen atoms in total. The Morgan fingerprint density at radius 1 is 0.378 bits per heavy atom. The number of ketones is 4. The zero-order valence-electron chi connectivity index (χ0n) is 65.8. The van der Waals surface area contributed by atoms with E-state index in [1.165, 1.54) is 119 Å². The first-order chi connectivity index (χ1) is 54.6. The molecular formula is C93H82F4Ir5N7O8S2-5. The Labute approximate surface area is 767 Å². The van der Waals surface area contributed by atoms with Gasteiger partial charge in [0.2, 0.25) is 0 Å². The number of aromatic nitrogens is 5. The number of hydrogen-bond acceptors (Lipinski definition) is 17. The summed E-state index contributed by atoms with van der Waals surface area (Å²) in [5, 5.41) is 35.7. The number of carbonyl (C=O) groups excluding carboxylic acids is 4. The molecule has 627 valence electrons. The molecule has 4 N–H and O–H groups in total. The summed E-state index contributed by atoms with van der Waals surface area (Å²) < 4.78 is 55.2. The number of pyridine rings is 4. The number of allylic oxidation sites excluding steroid dienone is 8. The number of fused-ring (bicyclic) bond motifs is 2. The zero-order chi connectivity index (χ0) is 82.9. The molecule has 6 aromatic heterocycles. The molecule has 8 aromatic carbocycles. The average molecular weight is 2530 g/mol. The number of thiazole rings is 1. The quantitative estimate of drug-likeness (QED) is 0.0365. The fourth-order valence-corrected chi connectivity index (χ4v) is 11.6. The van der Waals surface area contributed by atoms with E-state index in [1.807, 2.05) is 194 Å². The van der Waals surface area contributed by atoms with E-state index >= 15 is 0 Å². The third kappa shape index (κ3) is 40.3. The van der Waals surface area contributed by atoms with Gasteiger partial charge in [0.1, 0.15) is 0 Å². The molecule has 0 bridgehead atoms. The standard InChI is InChI=1S/C23H15F2N2.C13H12FN2.2C13H8NS.C11H7FN.4C5H8O2.5Ir/c24-17-11-12-21(22(25)15-17)23-16-20(13-14-26-23)27(18-7-3-1-4-8-18)19-9-5-2-6-10-19;1-16(2)12-7-8-15-13(9-12)10-3-5-11(14)6-4-10;1-2-7-12-10(5-1)9-13(15-12)11-6-3-4-8-14-11;1-2-6-10(7-3-1)13-14-11-8-4-5-9-12(11)15-13;12-10-6-4-9(5-7-10)11-3-1-2-8-13-11;4*1-4(6)3-5(2)7;;;;;/h1-11,13-16H;3,5-9H,1-2H3;1-8H;1-6,8-9H;1-4,6-8H;4*3,6H,1-2H3;;;;;/q5*-1;;;;;;;;;. The van der Waals surface area contributed by atoms with Gasteiger partial charge in [-0.1, -0.05) is 109 Å². The van der Waals surface area contributed by atoms with Crippen molar-refractivity contribution in [2.24, 2.45) is 0 Å². The number of rotatable bonds is 13. The Hall–Kier alpha value is -10.4. The van der Waals surface area contributed by atoms with Crippen LogP contribution in [0.5, 0.6) is 0 Å². The third-order valence-electron chi connectivity index (χ3n) is 14.3. The van der Waals surface area contributed by atoms with Crippen LogP contribution in [0.2, 0.25) is 0 Å².